The van der Waals surface area contributed by atoms with E-state index in [1.807, 2.05) is 12.4 Å². The molecule has 0 amide bonds. The molecule has 17 heavy (non-hydrogen) atoms. The molecule has 0 bridgehead atoms. The molecule has 0 saturated carbocycles. The van der Waals surface area contributed by atoms with Gasteiger partial charge in [-0.1, -0.05) is 31.2 Å². The summed E-state index contributed by atoms with van der Waals surface area (Å²) in [4.78, 5) is 4.15. The largest absolute Gasteiger partial charge is 0.313 e. The molecule has 2 nitrogen and oxygen atoms in total. The lowest BCUT2D eigenvalue weighted by Gasteiger charge is -2.11. The molecule has 0 aliphatic heterocycles. The second kappa shape index (κ2) is 5.60. The molecule has 0 atom stereocenters. The van der Waals surface area contributed by atoms with Crippen LogP contribution in [-0.2, 0) is 6.54 Å². The molecule has 1 aromatic heterocycles. The van der Waals surface area contributed by atoms with Crippen LogP contribution in [0.4, 0.5) is 0 Å². The summed E-state index contributed by atoms with van der Waals surface area (Å²) in [6.45, 7) is 6.13. The minimum atomic E-state index is 0.911. The molecule has 0 fully saturated rings. The fourth-order valence-corrected chi connectivity index (χ4v) is 1.97. The third-order valence-corrected chi connectivity index (χ3v) is 2.89. The first-order chi connectivity index (χ1) is 8.33. The SMILES string of the molecule is CCNCc1ccccc1-c1ccncc1C. The van der Waals surface area contributed by atoms with Crippen LogP contribution in [0.25, 0.3) is 11.1 Å². The van der Waals surface area contributed by atoms with Gasteiger partial charge in [0.1, 0.15) is 0 Å². The van der Waals surface area contributed by atoms with E-state index in [0.717, 1.165) is 13.1 Å². The number of aryl methyl sites for hydroxylation is 1. The molecule has 2 heteroatoms. The van der Waals surface area contributed by atoms with Gasteiger partial charge in [-0.05, 0) is 41.8 Å². The summed E-state index contributed by atoms with van der Waals surface area (Å²) in [5.41, 5.74) is 5.13. The smallest absolute Gasteiger partial charge is 0.0303 e. The highest BCUT2D eigenvalue weighted by Gasteiger charge is 2.06. The number of pyridine rings is 1. The average molecular weight is 226 g/mol. The van der Waals surface area contributed by atoms with Gasteiger partial charge in [-0.2, -0.15) is 0 Å². The second-order valence-electron chi connectivity index (χ2n) is 4.13. The van der Waals surface area contributed by atoms with Crippen LogP contribution >= 0.6 is 0 Å². The Morgan fingerprint density at radius 3 is 2.71 bits per heavy atom. The maximum absolute atomic E-state index is 4.15. The number of nitrogens with one attached hydrogen (secondary N) is 1. The normalized spacial score (nSPS) is 10.5. The van der Waals surface area contributed by atoms with Crippen LogP contribution in [-0.4, -0.2) is 11.5 Å². The first-order valence-corrected chi connectivity index (χ1v) is 6.02. The van der Waals surface area contributed by atoms with E-state index in [-0.39, 0.29) is 0 Å². The average Bonchev–Trinajstić information content (AvgIpc) is 2.37. The topological polar surface area (TPSA) is 24.9 Å². The minimum Gasteiger partial charge on any atom is -0.313 e. The summed E-state index contributed by atoms with van der Waals surface area (Å²) in [6.07, 6.45) is 3.77. The van der Waals surface area contributed by atoms with Gasteiger partial charge < -0.3 is 5.32 Å². The predicted molar refractivity (Wildman–Crippen MR) is 71.8 cm³/mol. The van der Waals surface area contributed by atoms with Gasteiger partial charge >= 0.3 is 0 Å². The van der Waals surface area contributed by atoms with Gasteiger partial charge in [-0.25, -0.2) is 0 Å². The summed E-state index contributed by atoms with van der Waals surface area (Å²) >= 11 is 0. The molecule has 0 aliphatic carbocycles. The fraction of sp³-hybridized carbons (Fsp3) is 0.267. The second-order valence-corrected chi connectivity index (χ2v) is 4.13. The van der Waals surface area contributed by atoms with Crippen LogP contribution in [0, 0.1) is 6.92 Å². The third kappa shape index (κ3) is 2.71. The third-order valence-electron chi connectivity index (χ3n) is 2.89. The molecule has 0 unspecified atom stereocenters. The van der Waals surface area contributed by atoms with Gasteiger partial charge in [-0.15, -0.1) is 0 Å². The van der Waals surface area contributed by atoms with E-state index in [2.05, 4.69) is 54.5 Å². The monoisotopic (exact) mass is 226 g/mol. The first kappa shape index (κ1) is 11.8. The van der Waals surface area contributed by atoms with E-state index in [1.165, 1.54) is 22.3 Å². The van der Waals surface area contributed by atoms with Gasteiger partial charge in [0.05, 0.1) is 0 Å². The van der Waals surface area contributed by atoms with Crippen LogP contribution in [0.3, 0.4) is 0 Å². The molecule has 1 aromatic carbocycles. The Hall–Kier alpha value is -1.67. The highest BCUT2D eigenvalue weighted by Crippen LogP contribution is 2.25. The number of hydrogen-bond acceptors (Lipinski definition) is 2. The van der Waals surface area contributed by atoms with E-state index >= 15 is 0 Å². The van der Waals surface area contributed by atoms with Crippen LogP contribution in [0.5, 0.6) is 0 Å². The molecule has 0 radical (unpaired) electrons. The molecule has 0 saturated heterocycles. The molecular formula is C15H18N2. The van der Waals surface area contributed by atoms with E-state index < -0.39 is 0 Å². The standard InChI is InChI=1S/C15H18N2/c1-3-16-11-13-6-4-5-7-15(13)14-8-9-17-10-12(14)2/h4-10,16H,3,11H2,1-2H3. The lowest BCUT2D eigenvalue weighted by molar-refractivity contribution is 0.728. The number of benzene rings is 1. The van der Waals surface area contributed by atoms with Crippen molar-refractivity contribution in [1.82, 2.24) is 10.3 Å². The number of hydrogen-bond donors (Lipinski definition) is 1. The Balaban J connectivity index is 2.41. The lowest BCUT2D eigenvalue weighted by Crippen LogP contribution is -2.12. The van der Waals surface area contributed by atoms with Gasteiger partial charge in [0.25, 0.3) is 0 Å². The molecule has 2 rings (SSSR count). The summed E-state index contributed by atoms with van der Waals surface area (Å²) in [6, 6.07) is 10.6. The van der Waals surface area contributed by atoms with E-state index in [1.54, 1.807) is 0 Å². The van der Waals surface area contributed by atoms with Crippen molar-refractivity contribution in [3.8, 4) is 11.1 Å². The summed E-state index contributed by atoms with van der Waals surface area (Å²) in [5.74, 6) is 0. The van der Waals surface area contributed by atoms with Crippen LogP contribution in [0.2, 0.25) is 0 Å². The van der Waals surface area contributed by atoms with Crippen molar-refractivity contribution in [2.24, 2.45) is 0 Å². The summed E-state index contributed by atoms with van der Waals surface area (Å²) < 4.78 is 0. The molecule has 0 spiro atoms. The molecule has 2 aromatic rings. The zero-order chi connectivity index (χ0) is 12.1. The first-order valence-electron chi connectivity index (χ1n) is 6.02. The fourth-order valence-electron chi connectivity index (χ4n) is 1.97. The van der Waals surface area contributed by atoms with Crippen molar-refractivity contribution in [3.05, 3.63) is 53.9 Å². The van der Waals surface area contributed by atoms with Crippen molar-refractivity contribution >= 4 is 0 Å². The highest BCUT2D eigenvalue weighted by molar-refractivity contribution is 5.69. The van der Waals surface area contributed by atoms with Gasteiger partial charge in [0, 0.05) is 18.9 Å². The van der Waals surface area contributed by atoms with Gasteiger partial charge in [0.15, 0.2) is 0 Å². The quantitative estimate of drug-likeness (QED) is 0.866. The van der Waals surface area contributed by atoms with E-state index in [9.17, 15) is 0 Å². The molecule has 1 heterocycles. The van der Waals surface area contributed by atoms with E-state index in [4.69, 9.17) is 0 Å². The molecule has 0 aliphatic rings. The molecule has 88 valence electrons. The highest BCUT2D eigenvalue weighted by atomic mass is 14.8. The van der Waals surface area contributed by atoms with Crippen LogP contribution in [0.1, 0.15) is 18.1 Å². The van der Waals surface area contributed by atoms with Crippen LogP contribution in [0.15, 0.2) is 42.7 Å². The van der Waals surface area contributed by atoms with Crippen molar-refractivity contribution < 1.29 is 0 Å². The molecular weight excluding hydrogens is 208 g/mol. The maximum atomic E-state index is 4.15. The minimum absolute atomic E-state index is 0.911. The van der Waals surface area contributed by atoms with E-state index in [0.29, 0.717) is 0 Å². The van der Waals surface area contributed by atoms with Crippen molar-refractivity contribution in [3.63, 3.8) is 0 Å². The number of rotatable bonds is 4. The maximum Gasteiger partial charge on any atom is 0.0303 e. The Morgan fingerprint density at radius 2 is 1.94 bits per heavy atom. The van der Waals surface area contributed by atoms with Gasteiger partial charge in [-0.3, -0.25) is 4.98 Å². The molecule has 1 N–H and O–H groups in total. The Morgan fingerprint density at radius 1 is 1.12 bits per heavy atom. The zero-order valence-electron chi connectivity index (χ0n) is 10.4. The Bertz CT molecular complexity index is 492. The zero-order valence-corrected chi connectivity index (χ0v) is 10.4. The van der Waals surface area contributed by atoms with Crippen molar-refractivity contribution in [1.29, 1.82) is 0 Å². The van der Waals surface area contributed by atoms with Crippen molar-refractivity contribution in [2.45, 2.75) is 20.4 Å². The summed E-state index contributed by atoms with van der Waals surface area (Å²) in [7, 11) is 0. The Kier molecular flexibility index (Phi) is 3.89. The van der Waals surface area contributed by atoms with Crippen LogP contribution < -0.4 is 5.32 Å². The number of aromatic nitrogens is 1. The number of nitrogens with zero attached hydrogens (tertiary/aromatic N) is 1. The summed E-state index contributed by atoms with van der Waals surface area (Å²) in [5, 5.41) is 3.38. The Labute approximate surface area is 103 Å². The predicted octanol–water partition coefficient (Wildman–Crippen LogP) is 3.17. The van der Waals surface area contributed by atoms with Gasteiger partial charge in [0.2, 0.25) is 0 Å². The lowest BCUT2D eigenvalue weighted by atomic mass is 9.97. The van der Waals surface area contributed by atoms with Crippen molar-refractivity contribution in [2.75, 3.05) is 6.54 Å².